The Bertz CT molecular complexity index is 528. The minimum absolute atomic E-state index is 0.100. The van der Waals surface area contributed by atoms with Gasteiger partial charge in [0.2, 0.25) is 0 Å². The van der Waals surface area contributed by atoms with Crippen LogP contribution in [0, 0.1) is 5.92 Å². The number of piperidine rings is 1. The SMILES string of the molecule is COc1cc(N)ccc1C(=O)N1CCCC2CCCCC21. The highest BCUT2D eigenvalue weighted by atomic mass is 16.5. The Morgan fingerprint density at radius 3 is 2.81 bits per heavy atom. The molecule has 4 heteroatoms. The van der Waals surface area contributed by atoms with E-state index < -0.39 is 0 Å². The molecule has 0 spiro atoms. The Balaban J connectivity index is 1.87. The number of ether oxygens (including phenoxy) is 1. The summed E-state index contributed by atoms with van der Waals surface area (Å²) in [5.74, 6) is 1.37. The lowest BCUT2D eigenvalue weighted by Gasteiger charge is -2.44. The van der Waals surface area contributed by atoms with Gasteiger partial charge in [-0.15, -0.1) is 0 Å². The number of anilines is 1. The molecule has 2 unspecified atom stereocenters. The zero-order valence-corrected chi connectivity index (χ0v) is 12.7. The molecular weight excluding hydrogens is 264 g/mol. The van der Waals surface area contributed by atoms with Gasteiger partial charge in [-0.3, -0.25) is 4.79 Å². The van der Waals surface area contributed by atoms with Crippen LogP contribution in [0.25, 0.3) is 0 Å². The summed E-state index contributed by atoms with van der Waals surface area (Å²) >= 11 is 0. The van der Waals surface area contributed by atoms with E-state index in [0.717, 1.165) is 19.4 Å². The molecule has 1 aromatic rings. The molecule has 1 heterocycles. The number of likely N-dealkylation sites (tertiary alicyclic amines) is 1. The van der Waals surface area contributed by atoms with Crippen molar-refractivity contribution in [3.63, 3.8) is 0 Å². The molecule has 1 amide bonds. The molecule has 2 atom stereocenters. The number of rotatable bonds is 2. The lowest BCUT2D eigenvalue weighted by atomic mass is 9.78. The van der Waals surface area contributed by atoms with Crippen molar-refractivity contribution in [1.82, 2.24) is 4.90 Å². The Morgan fingerprint density at radius 2 is 2.00 bits per heavy atom. The number of nitrogen functional groups attached to an aromatic ring is 1. The van der Waals surface area contributed by atoms with Crippen molar-refractivity contribution in [3.8, 4) is 5.75 Å². The highest BCUT2D eigenvalue weighted by Gasteiger charge is 2.36. The quantitative estimate of drug-likeness (QED) is 0.851. The third-order valence-corrected chi connectivity index (χ3v) is 4.96. The van der Waals surface area contributed by atoms with Gasteiger partial charge >= 0.3 is 0 Å². The first-order valence-corrected chi connectivity index (χ1v) is 7.95. The van der Waals surface area contributed by atoms with Crippen LogP contribution in [-0.4, -0.2) is 30.5 Å². The molecule has 1 aromatic carbocycles. The second kappa shape index (κ2) is 5.96. The highest BCUT2D eigenvalue weighted by Crippen LogP contribution is 2.36. The lowest BCUT2D eigenvalue weighted by Crippen LogP contribution is -2.49. The van der Waals surface area contributed by atoms with Gasteiger partial charge in [0.25, 0.3) is 5.91 Å². The zero-order valence-electron chi connectivity index (χ0n) is 12.7. The molecule has 2 N–H and O–H groups in total. The average Bonchev–Trinajstić information content (AvgIpc) is 2.53. The van der Waals surface area contributed by atoms with Crippen molar-refractivity contribution in [3.05, 3.63) is 23.8 Å². The standard InChI is InChI=1S/C17H24N2O2/c1-21-16-11-13(18)8-9-14(16)17(20)19-10-4-6-12-5-2-3-7-15(12)19/h8-9,11-12,15H,2-7,10,18H2,1H3. The van der Waals surface area contributed by atoms with E-state index in [2.05, 4.69) is 4.90 Å². The normalized spacial score (nSPS) is 25.3. The van der Waals surface area contributed by atoms with E-state index in [1.54, 1.807) is 25.3 Å². The summed E-state index contributed by atoms with van der Waals surface area (Å²) in [5.41, 5.74) is 7.04. The summed E-state index contributed by atoms with van der Waals surface area (Å²) in [7, 11) is 1.59. The molecule has 1 saturated heterocycles. The smallest absolute Gasteiger partial charge is 0.257 e. The monoisotopic (exact) mass is 288 g/mol. The fourth-order valence-corrected chi connectivity index (χ4v) is 3.92. The third-order valence-electron chi connectivity index (χ3n) is 4.96. The third kappa shape index (κ3) is 2.71. The molecule has 3 rings (SSSR count). The number of carbonyl (C=O) groups excluding carboxylic acids is 1. The van der Waals surface area contributed by atoms with Crippen LogP contribution in [0.2, 0.25) is 0 Å². The van der Waals surface area contributed by atoms with Gasteiger partial charge in [-0.2, -0.15) is 0 Å². The zero-order chi connectivity index (χ0) is 14.8. The second-order valence-corrected chi connectivity index (χ2v) is 6.21. The Hall–Kier alpha value is -1.71. The van der Waals surface area contributed by atoms with Crippen molar-refractivity contribution in [2.45, 2.75) is 44.6 Å². The second-order valence-electron chi connectivity index (χ2n) is 6.21. The number of hydrogen-bond acceptors (Lipinski definition) is 3. The fraction of sp³-hybridized carbons (Fsp3) is 0.588. The van der Waals surface area contributed by atoms with E-state index in [1.165, 1.54) is 25.7 Å². The van der Waals surface area contributed by atoms with E-state index in [0.29, 0.717) is 29.0 Å². The summed E-state index contributed by atoms with van der Waals surface area (Å²) in [5, 5.41) is 0. The van der Waals surface area contributed by atoms with Crippen LogP contribution in [0.15, 0.2) is 18.2 Å². The number of benzene rings is 1. The van der Waals surface area contributed by atoms with Crippen LogP contribution in [-0.2, 0) is 0 Å². The molecule has 21 heavy (non-hydrogen) atoms. The molecular formula is C17H24N2O2. The Morgan fingerprint density at radius 1 is 1.24 bits per heavy atom. The maximum atomic E-state index is 13.0. The summed E-state index contributed by atoms with van der Waals surface area (Å²) in [6, 6.07) is 5.72. The van der Waals surface area contributed by atoms with Crippen molar-refractivity contribution in [2.24, 2.45) is 5.92 Å². The van der Waals surface area contributed by atoms with Crippen LogP contribution in [0.4, 0.5) is 5.69 Å². The van der Waals surface area contributed by atoms with Crippen LogP contribution in [0.3, 0.4) is 0 Å². The molecule has 2 aliphatic rings. The first kappa shape index (κ1) is 14.2. The number of nitrogens with two attached hydrogens (primary N) is 1. The van der Waals surface area contributed by atoms with Gasteiger partial charge in [0.05, 0.1) is 12.7 Å². The van der Waals surface area contributed by atoms with E-state index in [9.17, 15) is 4.79 Å². The van der Waals surface area contributed by atoms with Gasteiger partial charge in [0.1, 0.15) is 5.75 Å². The molecule has 2 fully saturated rings. The van der Waals surface area contributed by atoms with Gasteiger partial charge < -0.3 is 15.4 Å². The van der Waals surface area contributed by atoms with Gasteiger partial charge in [-0.25, -0.2) is 0 Å². The predicted octanol–water partition coefficient (Wildman–Crippen LogP) is 3.07. The maximum Gasteiger partial charge on any atom is 0.257 e. The predicted molar refractivity (Wildman–Crippen MR) is 83.4 cm³/mol. The van der Waals surface area contributed by atoms with E-state index >= 15 is 0 Å². The van der Waals surface area contributed by atoms with E-state index in [1.807, 2.05) is 0 Å². The van der Waals surface area contributed by atoms with Crippen LogP contribution in [0.5, 0.6) is 5.75 Å². The lowest BCUT2D eigenvalue weighted by molar-refractivity contribution is 0.0388. The molecule has 1 aliphatic heterocycles. The number of methoxy groups -OCH3 is 1. The summed E-state index contributed by atoms with van der Waals surface area (Å²) in [6.07, 6.45) is 7.36. The molecule has 114 valence electrons. The number of carbonyl (C=O) groups is 1. The number of amides is 1. The topological polar surface area (TPSA) is 55.6 Å². The molecule has 0 bridgehead atoms. The maximum absolute atomic E-state index is 13.0. The first-order valence-electron chi connectivity index (χ1n) is 7.95. The molecule has 1 aliphatic carbocycles. The summed E-state index contributed by atoms with van der Waals surface area (Å²) in [4.78, 5) is 15.0. The number of hydrogen-bond donors (Lipinski definition) is 1. The van der Waals surface area contributed by atoms with Crippen LogP contribution in [0.1, 0.15) is 48.9 Å². The molecule has 0 aromatic heterocycles. The number of nitrogens with zero attached hydrogens (tertiary/aromatic N) is 1. The average molecular weight is 288 g/mol. The van der Waals surface area contributed by atoms with Gasteiger partial charge in [-0.05, 0) is 43.7 Å². The molecule has 1 saturated carbocycles. The first-order chi connectivity index (χ1) is 10.2. The Kier molecular flexibility index (Phi) is 4.04. The van der Waals surface area contributed by atoms with E-state index in [-0.39, 0.29) is 5.91 Å². The Labute approximate surface area is 126 Å². The van der Waals surface area contributed by atoms with Crippen molar-refractivity contribution in [1.29, 1.82) is 0 Å². The largest absolute Gasteiger partial charge is 0.496 e. The summed E-state index contributed by atoms with van der Waals surface area (Å²) < 4.78 is 5.35. The van der Waals surface area contributed by atoms with Crippen molar-refractivity contribution >= 4 is 11.6 Å². The highest BCUT2D eigenvalue weighted by molar-refractivity contribution is 5.97. The van der Waals surface area contributed by atoms with Crippen molar-refractivity contribution < 1.29 is 9.53 Å². The van der Waals surface area contributed by atoms with Crippen LogP contribution >= 0.6 is 0 Å². The van der Waals surface area contributed by atoms with E-state index in [4.69, 9.17) is 10.5 Å². The number of fused-ring (bicyclic) bond motifs is 1. The fourth-order valence-electron chi connectivity index (χ4n) is 3.92. The summed E-state index contributed by atoms with van der Waals surface area (Å²) in [6.45, 7) is 0.869. The molecule has 0 radical (unpaired) electrons. The van der Waals surface area contributed by atoms with Gasteiger partial charge in [-0.1, -0.05) is 12.8 Å². The molecule has 4 nitrogen and oxygen atoms in total. The van der Waals surface area contributed by atoms with Gasteiger partial charge in [0.15, 0.2) is 0 Å². The van der Waals surface area contributed by atoms with Crippen LogP contribution < -0.4 is 10.5 Å². The van der Waals surface area contributed by atoms with Crippen molar-refractivity contribution in [2.75, 3.05) is 19.4 Å². The minimum atomic E-state index is 0.100. The van der Waals surface area contributed by atoms with Gasteiger partial charge in [0, 0.05) is 24.3 Å². The minimum Gasteiger partial charge on any atom is -0.496 e.